The SMILES string of the molecule is CC[C@H](C)C(=O)OC1C(O)C(C)OC(OC2C(OC(=O)[C@]34CC[C@](C)(C(=O)OC)CC3C3=CCC5[C@@]6(C)CC[C@H](OC7OC(C(=O)O)C(O)C(O)C7OC7OC(CO)C(O)C(O)C7O)[C@@](C)(COC(C)=O)C6CC[C@@]5(C)[C@]3(C)CC4)OC(C)C(OC(=O)[C@@H](C)CC)C2OC2OC(CO)C(O)C(O)C2O)C1O. The van der Waals surface area contributed by atoms with Gasteiger partial charge in [-0.2, -0.15) is 0 Å². The number of carboxylic acids is 1. The maximum absolute atomic E-state index is 16.4. The largest absolute Gasteiger partial charge is 0.479 e. The Morgan fingerprint density at radius 1 is 0.538 bits per heavy atom. The van der Waals surface area contributed by atoms with E-state index in [0.717, 1.165) is 5.57 Å². The Balaban J connectivity index is 1.01. The number of carboxylic acid groups (broad SMARTS) is 1. The highest BCUT2D eigenvalue weighted by Gasteiger charge is 2.72. The van der Waals surface area contributed by atoms with Crippen molar-refractivity contribution in [2.75, 3.05) is 26.9 Å². The van der Waals surface area contributed by atoms with Crippen LogP contribution < -0.4 is 0 Å². The van der Waals surface area contributed by atoms with Crippen LogP contribution in [-0.4, -0.2) is 289 Å². The van der Waals surface area contributed by atoms with Gasteiger partial charge in [-0.15, -0.1) is 0 Å². The summed E-state index contributed by atoms with van der Waals surface area (Å²) in [6.07, 6.45) is -40.7. The molecule has 5 aliphatic heterocycles. The molecule has 0 bridgehead atoms. The van der Waals surface area contributed by atoms with Gasteiger partial charge in [0.05, 0.1) is 67.9 Å². The van der Waals surface area contributed by atoms with Crippen LogP contribution in [0.2, 0.25) is 0 Å². The predicted molar refractivity (Wildman–Crippen MR) is 357 cm³/mol. The highest BCUT2D eigenvalue weighted by Crippen LogP contribution is 2.76. The van der Waals surface area contributed by atoms with E-state index in [0.29, 0.717) is 44.9 Å². The zero-order valence-corrected chi connectivity index (χ0v) is 62.6. The van der Waals surface area contributed by atoms with E-state index in [1.54, 1.807) is 34.6 Å². The molecule has 37 atom stereocenters. The number of ether oxygens (including phenoxy) is 14. The van der Waals surface area contributed by atoms with Crippen LogP contribution in [0, 0.1) is 62.1 Å². The fraction of sp³-hybridized carbons (Fsp3) is 0.890. The summed E-state index contributed by atoms with van der Waals surface area (Å²) in [5, 5.41) is 143. The van der Waals surface area contributed by atoms with Crippen LogP contribution in [0.5, 0.6) is 0 Å². The van der Waals surface area contributed by atoms with Crippen molar-refractivity contribution in [2.24, 2.45) is 62.1 Å². The molecule has 33 heteroatoms. The van der Waals surface area contributed by atoms with E-state index in [1.807, 2.05) is 6.92 Å². The topological polar surface area (TPSA) is 495 Å². The molecule has 10 aliphatic rings. The van der Waals surface area contributed by atoms with Gasteiger partial charge < -0.3 is 133 Å². The Morgan fingerprint density at radius 3 is 1.64 bits per heavy atom. The third kappa shape index (κ3) is 15.0. The van der Waals surface area contributed by atoms with Crippen LogP contribution in [-0.2, 0) is 95.1 Å². The number of rotatable bonds is 22. The van der Waals surface area contributed by atoms with Gasteiger partial charge in [-0.3, -0.25) is 24.0 Å². The third-order valence-electron chi connectivity index (χ3n) is 26.7. The molecule has 0 aromatic rings. The van der Waals surface area contributed by atoms with Crippen LogP contribution >= 0.6 is 0 Å². The highest BCUT2D eigenvalue weighted by atomic mass is 16.8. The molecule has 28 unspecified atom stereocenters. The van der Waals surface area contributed by atoms with Crippen LogP contribution in [0.4, 0.5) is 0 Å². The summed E-state index contributed by atoms with van der Waals surface area (Å²) in [5.74, 6) is -7.84. The fourth-order valence-electron chi connectivity index (χ4n) is 19.5. The lowest BCUT2D eigenvalue weighted by atomic mass is 9.33. The molecule has 5 saturated heterocycles. The molecular weight excluding hydrogens is 1400 g/mol. The van der Waals surface area contributed by atoms with Gasteiger partial charge in [-0.05, 0) is 132 Å². The maximum atomic E-state index is 16.4. The van der Waals surface area contributed by atoms with Crippen LogP contribution in [0.15, 0.2) is 11.6 Å². The number of hydrogen-bond donors (Lipinski definition) is 13. The van der Waals surface area contributed by atoms with Crippen molar-refractivity contribution < 1.29 is 161 Å². The standard InChI is InChI=1S/C73H114O33/c1-14-30(3)59(89)100-52-33(6)96-65(57(56(52)104-62-50(85)46(81)44(79)38(28-75)98-62)105-63-51(86)53(42(77)32(5)95-63)101-60(90)31(4)15-2)106-67(92)73-24-22-68(8,66(91)93-13)26-36(73)35-16-17-40-69(9)20-19-41(70(10,29-94-34(7)76)39(69)18-21-72(40,12)71(35,11)23-25-73)99-64-55(48(83)47(82)54(102-64)58(87)88)103-61-49(84)45(80)43(78)37(27-74)97-61/h16,30-33,36-57,61-65,74-75,77-86H,14-15,17-29H2,1-13H3,(H,87,88)/t30-,31-,32?,33?,36?,37?,38?,39?,40?,41-,42?,43?,44?,45?,46?,47?,48?,49?,50?,51?,52?,53?,54?,55?,56?,57?,61?,62?,63?,64?,65?,68-,69-,70-,71+,72+,73-/m0/s1. The average molecular weight is 1520 g/mol. The maximum Gasteiger partial charge on any atom is 0.335 e. The zero-order valence-electron chi connectivity index (χ0n) is 62.6. The molecule has 4 saturated carbocycles. The number of allylic oxidation sites excluding steroid dienone is 2. The van der Waals surface area contributed by atoms with Gasteiger partial charge in [0, 0.05) is 12.3 Å². The normalized spacial score (nSPS) is 48.6. The lowest BCUT2D eigenvalue weighted by molar-refractivity contribution is -0.385. The average Bonchev–Trinajstić information content (AvgIpc) is 0.673. The van der Waals surface area contributed by atoms with Crippen LogP contribution in [0.3, 0.4) is 0 Å². The summed E-state index contributed by atoms with van der Waals surface area (Å²) >= 11 is 0. The molecule has 0 radical (unpaired) electrons. The molecule has 604 valence electrons. The van der Waals surface area contributed by atoms with Gasteiger partial charge in [0.1, 0.15) is 85.5 Å². The van der Waals surface area contributed by atoms with E-state index in [9.17, 15) is 90.4 Å². The van der Waals surface area contributed by atoms with E-state index in [2.05, 4.69) is 26.8 Å². The second-order valence-electron chi connectivity index (χ2n) is 32.9. The Kier molecular flexibility index (Phi) is 25.8. The Hall–Kier alpha value is -4.28. The number of hydrogen-bond acceptors (Lipinski definition) is 32. The first-order valence-electron chi connectivity index (χ1n) is 37.4. The molecule has 5 heterocycles. The molecule has 0 amide bonds. The van der Waals surface area contributed by atoms with E-state index in [-0.39, 0.29) is 50.5 Å². The van der Waals surface area contributed by atoms with Crippen LogP contribution in [0.25, 0.3) is 0 Å². The number of methoxy groups -OCH3 is 1. The minimum atomic E-state index is -2.13. The molecule has 0 spiro atoms. The van der Waals surface area contributed by atoms with Gasteiger partial charge >= 0.3 is 35.8 Å². The minimum absolute atomic E-state index is 0.0600. The van der Waals surface area contributed by atoms with Crippen molar-refractivity contribution in [3.8, 4) is 0 Å². The molecule has 0 aromatic heterocycles. The van der Waals surface area contributed by atoms with Crippen molar-refractivity contribution in [3.63, 3.8) is 0 Å². The summed E-state index contributed by atoms with van der Waals surface area (Å²) < 4.78 is 86.4. The molecule has 9 fully saturated rings. The number of esters is 5. The number of carbonyl (C=O) groups excluding carboxylic acids is 5. The van der Waals surface area contributed by atoms with Gasteiger partial charge in [-0.25, -0.2) is 4.79 Å². The van der Waals surface area contributed by atoms with E-state index in [4.69, 9.17) is 66.3 Å². The second kappa shape index (κ2) is 32.4. The summed E-state index contributed by atoms with van der Waals surface area (Å²) in [4.78, 5) is 83.7. The fourth-order valence-corrected chi connectivity index (χ4v) is 19.5. The van der Waals surface area contributed by atoms with Crippen LogP contribution in [0.1, 0.15) is 160 Å². The van der Waals surface area contributed by atoms with Gasteiger partial charge in [0.15, 0.2) is 49.6 Å². The number of carbonyl (C=O) groups is 6. The zero-order chi connectivity index (χ0) is 78.2. The first kappa shape index (κ1) is 84.2. The van der Waals surface area contributed by atoms with Gasteiger partial charge in [0.25, 0.3) is 0 Å². The number of fused-ring (bicyclic) bond motifs is 7. The van der Waals surface area contributed by atoms with Crippen molar-refractivity contribution in [2.45, 2.75) is 320 Å². The minimum Gasteiger partial charge on any atom is -0.479 e. The van der Waals surface area contributed by atoms with Crippen molar-refractivity contribution >= 4 is 35.8 Å². The monoisotopic (exact) mass is 1520 g/mol. The number of aliphatic hydroxyl groups is 12. The van der Waals surface area contributed by atoms with Gasteiger partial charge in [0.2, 0.25) is 6.29 Å². The Labute approximate surface area is 615 Å². The molecule has 13 N–H and O–H groups in total. The molecule has 0 aromatic carbocycles. The molecule has 33 nitrogen and oxygen atoms in total. The first-order valence-corrected chi connectivity index (χ1v) is 37.4. The third-order valence-corrected chi connectivity index (χ3v) is 26.7. The second-order valence-corrected chi connectivity index (χ2v) is 32.9. The van der Waals surface area contributed by atoms with E-state index >= 15 is 4.79 Å². The molecule has 106 heavy (non-hydrogen) atoms. The quantitative estimate of drug-likeness (QED) is 0.0289. The highest BCUT2D eigenvalue weighted by molar-refractivity contribution is 5.82. The van der Waals surface area contributed by atoms with Crippen molar-refractivity contribution in [1.29, 1.82) is 0 Å². The predicted octanol–water partition coefficient (Wildman–Crippen LogP) is -0.173. The van der Waals surface area contributed by atoms with Crippen molar-refractivity contribution in [1.82, 2.24) is 0 Å². The Morgan fingerprint density at radius 2 is 1.08 bits per heavy atom. The smallest absolute Gasteiger partial charge is 0.335 e. The van der Waals surface area contributed by atoms with Gasteiger partial charge in [-0.1, -0.05) is 67.0 Å². The lowest BCUT2D eigenvalue weighted by Crippen LogP contribution is -2.68. The number of aliphatic carboxylic acids is 1. The summed E-state index contributed by atoms with van der Waals surface area (Å²) in [5.41, 5.74) is -4.87. The van der Waals surface area contributed by atoms with Crippen molar-refractivity contribution in [3.05, 3.63) is 11.6 Å². The molecule has 5 aliphatic carbocycles. The van der Waals surface area contributed by atoms with E-state index < -0.39 is 259 Å². The Bertz CT molecular complexity index is 3150. The summed E-state index contributed by atoms with van der Waals surface area (Å²) in [6.45, 7) is 19.2. The van der Waals surface area contributed by atoms with E-state index in [1.165, 1.54) is 27.9 Å². The molecule has 10 rings (SSSR count). The lowest BCUT2D eigenvalue weighted by Gasteiger charge is -2.71. The summed E-state index contributed by atoms with van der Waals surface area (Å²) in [7, 11) is 1.29. The first-order chi connectivity index (χ1) is 49.7. The molecular formula is C73H114O33. The number of aliphatic hydroxyl groups excluding tert-OH is 12. The summed E-state index contributed by atoms with van der Waals surface area (Å²) in [6, 6.07) is 0.